The maximum atomic E-state index is 13.6. The van der Waals surface area contributed by atoms with Gasteiger partial charge < -0.3 is 24.6 Å². The van der Waals surface area contributed by atoms with Gasteiger partial charge in [-0.05, 0) is 75.2 Å². The summed E-state index contributed by atoms with van der Waals surface area (Å²) < 4.78 is 24.5. The summed E-state index contributed by atoms with van der Waals surface area (Å²) in [7, 11) is 1.53. The Kier molecular flexibility index (Phi) is 7.62. The summed E-state index contributed by atoms with van der Waals surface area (Å²) in [6.45, 7) is 8.50. The molecule has 4 rings (SSSR count). The molecule has 0 bridgehead atoms. The molecule has 1 fully saturated rings. The van der Waals surface area contributed by atoms with Crippen LogP contribution in [0.5, 0.6) is 5.75 Å². The molecule has 190 valence electrons. The van der Waals surface area contributed by atoms with Crippen LogP contribution in [0, 0.1) is 5.82 Å². The lowest BCUT2D eigenvalue weighted by molar-refractivity contribution is 0.0263. The number of nitrogens with zero attached hydrogens (tertiary/aromatic N) is 3. The Balaban J connectivity index is 1.46. The van der Waals surface area contributed by atoms with E-state index in [1.165, 1.54) is 19.2 Å². The topological polar surface area (TPSA) is 66.9 Å². The Hall–Kier alpha value is -3.81. The molecule has 0 radical (unpaired) electrons. The number of methoxy groups -OCH3 is 1. The van der Waals surface area contributed by atoms with Gasteiger partial charge in [-0.15, -0.1) is 0 Å². The van der Waals surface area contributed by atoms with Crippen molar-refractivity contribution < 1.29 is 18.7 Å². The van der Waals surface area contributed by atoms with Gasteiger partial charge in [0.05, 0.1) is 7.11 Å². The lowest BCUT2D eigenvalue weighted by Gasteiger charge is -2.27. The second kappa shape index (κ2) is 10.8. The molecular formula is C28H33FN4O3. The quantitative estimate of drug-likeness (QED) is 0.465. The third kappa shape index (κ3) is 6.44. The van der Waals surface area contributed by atoms with Gasteiger partial charge in [-0.1, -0.05) is 6.07 Å². The number of anilines is 3. The van der Waals surface area contributed by atoms with Crippen LogP contribution in [0.2, 0.25) is 0 Å². The van der Waals surface area contributed by atoms with E-state index in [1.54, 1.807) is 17.2 Å². The van der Waals surface area contributed by atoms with Crippen LogP contribution in [0.15, 0.2) is 60.8 Å². The van der Waals surface area contributed by atoms with E-state index < -0.39 is 5.60 Å². The number of aromatic nitrogens is 1. The second-order valence-electron chi connectivity index (χ2n) is 9.76. The van der Waals surface area contributed by atoms with Crippen LogP contribution in [0.4, 0.5) is 26.4 Å². The van der Waals surface area contributed by atoms with Crippen molar-refractivity contribution >= 4 is 23.3 Å². The number of benzene rings is 2. The van der Waals surface area contributed by atoms with Crippen molar-refractivity contribution in [3.05, 3.63) is 66.6 Å². The molecule has 0 saturated carbocycles. The van der Waals surface area contributed by atoms with Crippen LogP contribution in [0.3, 0.4) is 0 Å². The zero-order valence-electron chi connectivity index (χ0n) is 21.3. The van der Waals surface area contributed by atoms with Crippen LogP contribution in [0.1, 0.15) is 27.2 Å². The van der Waals surface area contributed by atoms with E-state index in [-0.39, 0.29) is 11.9 Å². The molecule has 1 aliphatic heterocycles. The predicted octanol–water partition coefficient (Wildman–Crippen LogP) is 6.09. The maximum absolute atomic E-state index is 13.6. The number of hydrogen-bond donors (Lipinski definition) is 1. The van der Waals surface area contributed by atoms with E-state index in [9.17, 15) is 9.18 Å². The Morgan fingerprint density at radius 2 is 1.86 bits per heavy atom. The first-order valence-electron chi connectivity index (χ1n) is 12.1. The zero-order chi connectivity index (χ0) is 25.7. The predicted molar refractivity (Wildman–Crippen MR) is 141 cm³/mol. The molecular weight excluding hydrogens is 459 g/mol. The Labute approximate surface area is 211 Å². The highest BCUT2D eigenvalue weighted by Gasteiger charge is 2.24. The minimum absolute atomic E-state index is 0.261. The highest BCUT2D eigenvalue weighted by molar-refractivity contribution is 5.74. The number of carbonyl (C=O) groups is 1. The van der Waals surface area contributed by atoms with Crippen molar-refractivity contribution in [1.29, 1.82) is 0 Å². The van der Waals surface area contributed by atoms with Gasteiger partial charge in [0.2, 0.25) is 0 Å². The van der Waals surface area contributed by atoms with Crippen molar-refractivity contribution in [1.82, 2.24) is 9.88 Å². The van der Waals surface area contributed by atoms with Gasteiger partial charge in [-0.3, -0.25) is 0 Å². The third-order valence-corrected chi connectivity index (χ3v) is 5.87. The number of carbonyl (C=O) groups excluding carboxylic acids is 1. The SMILES string of the molecule is COc1cc(F)ccc1-c1ccnc(Nc2cccc(N3CCCN(C(=O)OC(C)(C)C)CC3)c2)c1. The van der Waals surface area contributed by atoms with Crippen molar-refractivity contribution in [2.45, 2.75) is 32.8 Å². The Morgan fingerprint density at radius 3 is 2.64 bits per heavy atom. The average molecular weight is 493 g/mol. The first-order chi connectivity index (χ1) is 17.2. The number of pyridine rings is 1. The van der Waals surface area contributed by atoms with Crippen LogP contribution in [0.25, 0.3) is 11.1 Å². The largest absolute Gasteiger partial charge is 0.496 e. The maximum Gasteiger partial charge on any atom is 0.410 e. The number of halogens is 1. The van der Waals surface area contributed by atoms with Crippen molar-refractivity contribution in [2.24, 2.45) is 0 Å². The summed E-state index contributed by atoms with van der Waals surface area (Å²) in [5.74, 6) is 0.793. The molecule has 2 aromatic carbocycles. The normalized spacial score (nSPS) is 14.2. The zero-order valence-corrected chi connectivity index (χ0v) is 21.3. The Bertz CT molecular complexity index is 1210. The molecule has 0 atom stereocenters. The first kappa shape index (κ1) is 25.3. The van der Waals surface area contributed by atoms with E-state index in [2.05, 4.69) is 27.3 Å². The molecule has 2 heterocycles. The van der Waals surface area contributed by atoms with E-state index in [0.717, 1.165) is 42.0 Å². The van der Waals surface area contributed by atoms with Crippen molar-refractivity contribution in [2.75, 3.05) is 43.5 Å². The molecule has 3 aromatic rings. The summed E-state index contributed by atoms with van der Waals surface area (Å²) in [4.78, 5) is 21.0. The van der Waals surface area contributed by atoms with Crippen molar-refractivity contribution in [3.8, 4) is 16.9 Å². The van der Waals surface area contributed by atoms with Gasteiger partial charge in [-0.25, -0.2) is 14.2 Å². The van der Waals surface area contributed by atoms with Crippen LogP contribution in [-0.4, -0.2) is 54.9 Å². The van der Waals surface area contributed by atoms with E-state index >= 15 is 0 Å². The van der Waals surface area contributed by atoms with E-state index in [4.69, 9.17) is 9.47 Å². The van der Waals surface area contributed by atoms with Gasteiger partial charge >= 0.3 is 6.09 Å². The average Bonchev–Trinajstić information content (AvgIpc) is 3.10. The standard InChI is InChI=1S/C28H33FN4O3/c1-28(2,3)36-27(34)33-14-6-13-32(15-16-33)23-8-5-7-22(19-23)31-26-17-20(11-12-30-26)24-10-9-21(29)18-25(24)35-4/h5,7-12,17-19H,6,13-16H2,1-4H3,(H,30,31). The monoisotopic (exact) mass is 492 g/mol. The highest BCUT2D eigenvalue weighted by Crippen LogP contribution is 2.32. The summed E-state index contributed by atoms with van der Waals surface area (Å²) in [5.41, 5.74) is 3.13. The lowest BCUT2D eigenvalue weighted by Crippen LogP contribution is -2.39. The van der Waals surface area contributed by atoms with Gasteiger partial charge in [0.1, 0.15) is 23.0 Å². The number of nitrogens with one attached hydrogen (secondary N) is 1. The molecule has 8 heteroatoms. The number of amides is 1. The van der Waals surface area contributed by atoms with Crippen LogP contribution in [-0.2, 0) is 4.74 Å². The minimum atomic E-state index is -0.504. The highest BCUT2D eigenvalue weighted by atomic mass is 19.1. The molecule has 1 amide bonds. The second-order valence-corrected chi connectivity index (χ2v) is 9.76. The summed E-state index contributed by atoms with van der Waals surface area (Å²) in [6, 6.07) is 16.4. The molecule has 1 saturated heterocycles. The van der Waals surface area contributed by atoms with Gasteiger partial charge in [0.15, 0.2) is 0 Å². The summed E-state index contributed by atoms with van der Waals surface area (Å²) in [5, 5.41) is 3.37. The summed E-state index contributed by atoms with van der Waals surface area (Å²) >= 11 is 0. The molecule has 7 nitrogen and oxygen atoms in total. The number of hydrogen-bond acceptors (Lipinski definition) is 6. The van der Waals surface area contributed by atoms with Gasteiger partial charge in [0.25, 0.3) is 0 Å². The smallest absolute Gasteiger partial charge is 0.410 e. The van der Waals surface area contributed by atoms with E-state index in [0.29, 0.717) is 24.7 Å². The fourth-order valence-corrected chi connectivity index (χ4v) is 4.18. The fourth-order valence-electron chi connectivity index (χ4n) is 4.18. The fraction of sp³-hybridized carbons (Fsp3) is 0.357. The molecule has 36 heavy (non-hydrogen) atoms. The lowest BCUT2D eigenvalue weighted by atomic mass is 10.1. The molecule has 1 aliphatic rings. The number of rotatable bonds is 5. The molecule has 1 N–H and O–H groups in total. The van der Waals surface area contributed by atoms with Gasteiger partial charge in [-0.2, -0.15) is 0 Å². The van der Waals surface area contributed by atoms with Crippen LogP contribution >= 0.6 is 0 Å². The number of ether oxygens (including phenoxy) is 2. The van der Waals surface area contributed by atoms with Crippen LogP contribution < -0.4 is 15.0 Å². The molecule has 0 aliphatic carbocycles. The molecule has 0 unspecified atom stereocenters. The first-order valence-corrected chi connectivity index (χ1v) is 12.1. The molecule has 0 spiro atoms. The minimum Gasteiger partial charge on any atom is -0.496 e. The van der Waals surface area contributed by atoms with Crippen molar-refractivity contribution in [3.63, 3.8) is 0 Å². The summed E-state index contributed by atoms with van der Waals surface area (Å²) in [6.07, 6.45) is 2.31. The van der Waals surface area contributed by atoms with E-state index in [1.807, 2.05) is 45.0 Å². The third-order valence-electron chi connectivity index (χ3n) is 5.87. The van der Waals surface area contributed by atoms with Gasteiger partial charge in [0, 0.05) is 55.4 Å². The Morgan fingerprint density at radius 1 is 1.03 bits per heavy atom. The molecule has 1 aromatic heterocycles.